The molecule has 2 heterocycles. The summed E-state index contributed by atoms with van der Waals surface area (Å²) in [5.41, 5.74) is 7.01. The lowest BCUT2D eigenvalue weighted by Crippen LogP contribution is -2.54. The van der Waals surface area contributed by atoms with Crippen molar-refractivity contribution in [2.24, 2.45) is 23.5 Å². The first-order valence-corrected chi connectivity index (χ1v) is 10.3. The largest absolute Gasteiger partial charge is 0.466 e. The SMILES string of the molecule is Cc1cc(C(=O)N2CCN(C(=O)C3CC4CCCC(C3)C4N)CC2)c(C)o1.Cl. The smallest absolute Gasteiger partial charge is 0.257 e. The first-order chi connectivity index (χ1) is 12.9. The van der Waals surface area contributed by atoms with Crippen LogP contribution in [0.25, 0.3) is 0 Å². The molecule has 1 aromatic heterocycles. The van der Waals surface area contributed by atoms with Crippen LogP contribution in [0.15, 0.2) is 10.5 Å². The van der Waals surface area contributed by atoms with E-state index < -0.39 is 0 Å². The molecule has 4 rings (SSSR count). The molecular weight excluding hydrogens is 378 g/mol. The van der Waals surface area contributed by atoms with Crippen LogP contribution in [0.5, 0.6) is 0 Å². The highest BCUT2D eigenvalue weighted by Gasteiger charge is 2.42. The van der Waals surface area contributed by atoms with Gasteiger partial charge in [-0.2, -0.15) is 0 Å². The summed E-state index contributed by atoms with van der Waals surface area (Å²) in [5.74, 6) is 2.87. The van der Waals surface area contributed by atoms with Crippen LogP contribution in [0, 0.1) is 31.6 Å². The van der Waals surface area contributed by atoms with E-state index in [9.17, 15) is 9.59 Å². The van der Waals surface area contributed by atoms with Gasteiger partial charge >= 0.3 is 0 Å². The molecule has 28 heavy (non-hydrogen) atoms. The van der Waals surface area contributed by atoms with Gasteiger partial charge in [-0.1, -0.05) is 6.42 Å². The number of nitrogens with two attached hydrogens (primary N) is 1. The number of hydrogen-bond donors (Lipinski definition) is 1. The van der Waals surface area contributed by atoms with E-state index in [2.05, 4.69) is 0 Å². The Morgan fingerprint density at radius 1 is 1.04 bits per heavy atom. The van der Waals surface area contributed by atoms with E-state index in [0.29, 0.717) is 55.4 Å². The van der Waals surface area contributed by atoms with Crippen molar-refractivity contribution >= 4 is 24.2 Å². The zero-order valence-electron chi connectivity index (χ0n) is 16.9. The van der Waals surface area contributed by atoms with E-state index >= 15 is 0 Å². The fourth-order valence-electron chi connectivity index (χ4n) is 5.39. The second kappa shape index (κ2) is 8.46. The highest BCUT2D eigenvalue weighted by Crippen LogP contribution is 2.42. The minimum absolute atomic E-state index is 0. The molecule has 2 bridgehead atoms. The van der Waals surface area contributed by atoms with Crippen LogP contribution in [0.1, 0.15) is 54.0 Å². The molecule has 0 radical (unpaired) electrons. The van der Waals surface area contributed by atoms with Gasteiger partial charge in [0.05, 0.1) is 5.56 Å². The van der Waals surface area contributed by atoms with Crippen LogP contribution in [0.3, 0.4) is 0 Å². The highest BCUT2D eigenvalue weighted by molar-refractivity contribution is 5.95. The van der Waals surface area contributed by atoms with Gasteiger partial charge in [0.25, 0.3) is 5.91 Å². The molecule has 7 heteroatoms. The first-order valence-electron chi connectivity index (χ1n) is 10.3. The topological polar surface area (TPSA) is 79.8 Å². The molecule has 6 nitrogen and oxygen atoms in total. The maximum Gasteiger partial charge on any atom is 0.257 e. The summed E-state index contributed by atoms with van der Waals surface area (Å²) in [5, 5.41) is 0. The summed E-state index contributed by atoms with van der Waals surface area (Å²) >= 11 is 0. The van der Waals surface area contributed by atoms with Crippen LogP contribution in [-0.2, 0) is 4.79 Å². The number of nitrogens with zero attached hydrogens (tertiary/aromatic N) is 2. The summed E-state index contributed by atoms with van der Waals surface area (Å²) in [4.78, 5) is 29.6. The number of carbonyl (C=O) groups is 2. The van der Waals surface area contributed by atoms with Crippen molar-refractivity contribution in [2.45, 2.75) is 52.0 Å². The Bertz CT molecular complexity index is 712. The number of hydrogen-bond acceptors (Lipinski definition) is 4. The van der Waals surface area contributed by atoms with Crippen LogP contribution < -0.4 is 5.73 Å². The Kier molecular flexibility index (Phi) is 6.40. The van der Waals surface area contributed by atoms with Gasteiger partial charge in [0, 0.05) is 38.1 Å². The second-order valence-electron chi connectivity index (χ2n) is 8.64. The maximum absolute atomic E-state index is 13.1. The number of fused-ring (bicyclic) bond motifs is 2. The molecule has 2 N–H and O–H groups in total. The fraction of sp³-hybridized carbons (Fsp3) is 0.714. The predicted molar refractivity (Wildman–Crippen MR) is 109 cm³/mol. The quantitative estimate of drug-likeness (QED) is 0.814. The fourth-order valence-corrected chi connectivity index (χ4v) is 5.39. The molecule has 2 amide bonds. The Hall–Kier alpha value is -1.53. The summed E-state index contributed by atoms with van der Waals surface area (Å²) < 4.78 is 5.49. The van der Waals surface area contributed by atoms with E-state index in [1.54, 1.807) is 6.07 Å². The summed E-state index contributed by atoms with van der Waals surface area (Å²) in [6.07, 6.45) is 5.50. The van der Waals surface area contributed by atoms with E-state index in [4.69, 9.17) is 10.2 Å². The Labute approximate surface area is 173 Å². The van der Waals surface area contributed by atoms with Crippen molar-refractivity contribution in [1.29, 1.82) is 0 Å². The number of furan rings is 1. The molecule has 2 aliphatic carbocycles. The predicted octanol–water partition coefficient (Wildman–Crippen LogP) is 2.76. The first kappa shape index (κ1) is 21.2. The maximum atomic E-state index is 13.1. The molecule has 1 aromatic rings. The standard InChI is InChI=1S/C21H31N3O3.ClH/c1-13-10-18(14(2)27-13)21(26)24-8-6-23(7-9-24)20(25)17-11-15-4-3-5-16(12-17)19(15)22;/h10,15-17,19H,3-9,11-12,22H2,1-2H3;1H. The summed E-state index contributed by atoms with van der Waals surface area (Å²) in [6, 6.07) is 2.10. The van der Waals surface area contributed by atoms with E-state index in [1.807, 2.05) is 23.6 Å². The van der Waals surface area contributed by atoms with Crippen molar-refractivity contribution in [3.63, 3.8) is 0 Å². The van der Waals surface area contributed by atoms with Gasteiger partial charge in [0.15, 0.2) is 0 Å². The van der Waals surface area contributed by atoms with Crippen molar-refractivity contribution < 1.29 is 14.0 Å². The third kappa shape index (κ3) is 3.94. The molecule has 156 valence electrons. The number of rotatable bonds is 2. The molecule has 2 atom stereocenters. The zero-order valence-corrected chi connectivity index (χ0v) is 17.7. The number of carbonyl (C=O) groups excluding carboxylic acids is 2. The average Bonchev–Trinajstić information content (AvgIpc) is 2.98. The summed E-state index contributed by atoms with van der Waals surface area (Å²) in [7, 11) is 0. The van der Waals surface area contributed by atoms with Gasteiger partial charge in [-0.05, 0) is 57.4 Å². The number of piperazine rings is 1. The molecule has 3 fully saturated rings. The van der Waals surface area contributed by atoms with E-state index in [0.717, 1.165) is 18.6 Å². The lowest BCUT2D eigenvalue weighted by atomic mass is 9.65. The molecule has 1 saturated heterocycles. The third-order valence-electron chi connectivity index (χ3n) is 6.91. The van der Waals surface area contributed by atoms with Gasteiger partial charge in [0.2, 0.25) is 5.91 Å². The lowest BCUT2D eigenvalue weighted by molar-refractivity contribution is -0.140. The van der Waals surface area contributed by atoms with Gasteiger partial charge in [-0.25, -0.2) is 0 Å². The molecule has 0 spiro atoms. The molecule has 2 saturated carbocycles. The van der Waals surface area contributed by atoms with Crippen molar-refractivity contribution in [2.75, 3.05) is 26.2 Å². The zero-order chi connectivity index (χ0) is 19.1. The normalized spacial score (nSPS) is 30.0. The van der Waals surface area contributed by atoms with Gasteiger partial charge in [-0.3, -0.25) is 9.59 Å². The highest BCUT2D eigenvalue weighted by atomic mass is 35.5. The second-order valence-corrected chi connectivity index (χ2v) is 8.64. The molecular formula is C21H32ClN3O3. The van der Waals surface area contributed by atoms with Crippen molar-refractivity contribution in [1.82, 2.24) is 9.80 Å². The minimum Gasteiger partial charge on any atom is -0.466 e. The monoisotopic (exact) mass is 409 g/mol. The van der Waals surface area contributed by atoms with Crippen molar-refractivity contribution in [3.8, 4) is 0 Å². The van der Waals surface area contributed by atoms with E-state index in [-0.39, 0.29) is 30.1 Å². The van der Waals surface area contributed by atoms with Gasteiger partial charge < -0.3 is 20.0 Å². The van der Waals surface area contributed by atoms with Crippen LogP contribution >= 0.6 is 12.4 Å². The molecule has 0 aromatic carbocycles. The Balaban J connectivity index is 0.00000225. The number of halogens is 1. The van der Waals surface area contributed by atoms with Crippen LogP contribution in [-0.4, -0.2) is 53.8 Å². The van der Waals surface area contributed by atoms with Gasteiger partial charge in [0.1, 0.15) is 11.5 Å². The number of amides is 2. The van der Waals surface area contributed by atoms with Crippen LogP contribution in [0.4, 0.5) is 0 Å². The van der Waals surface area contributed by atoms with E-state index in [1.165, 1.54) is 19.3 Å². The Morgan fingerprint density at radius 2 is 1.61 bits per heavy atom. The minimum atomic E-state index is 0. The number of aryl methyl sites for hydroxylation is 2. The lowest BCUT2D eigenvalue weighted by Gasteiger charge is -2.45. The average molecular weight is 410 g/mol. The Morgan fingerprint density at radius 3 is 2.14 bits per heavy atom. The molecule has 1 aliphatic heterocycles. The molecule has 2 unspecified atom stereocenters. The van der Waals surface area contributed by atoms with Crippen molar-refractivity contribution in [3.05, 3.63) is 23.2 Å². The van der Waals surface area contributed by atoms with Crippen LogP contribution in [0.2, 0.25) is 0 Å². The molecule has 3 aliphatic rings. The third-order valence-corrected chi connectivity index (χ3v) is 6.91. The summed E-state index contributed by atoms with van der Waals surface area (Å²) in [6.45, 7) is 6.10. The van der Waals surface area contributed by atoms with Gasteiger partial charge in [-0.15, -0.1) is 12.4 Å².